The van der Waals surface area contributed by atoms with Crippen LogP contribution in [0.3, 0.4) is 0 Å². The van der Waals surface area contributed by atoms with Crippen LogP contribution in [0.5, 0.6) is 0 Å². The molecule has 0 aliphatic heterocycles. The fourth-order valence-corrected chi connectivity index (χ4v) is 2.94. The van der Waals surface area contributed by atoms with Crippen LogP contribution in [0, 0.1) is 0 Å². The largest absolute Gasteiger partial charge is 0.465 e. The van der Waals surface area contributed by atoms with Crippen molar-refractivity contribution in [1.82, 2.24) is 0 Å². The molecule has 22 heavy (non-hydrogen) atoms. The molecule has 1 aromatic heterocycles. The molecule has 0 N–H and O–H groups in total. The molecule has 0 saturated carbocycles. The Morgan fingerprint density at radius 1 is 1.23 bits per heavy atom. The van der Waals surface area contributed by atoms with Gasteiger partial charge in [-0.05, 0) is 36.2 Å². The lowest BCUT2D eigenvalue weighted by Crippen LogP contribution is -2.07. The van der Waals surface area contributed by atoms with Crippen LogP contribution in [0.1, 0.15) is 27.2 Å². The van der Waals surface area contributed by atoms with Gasteiger partial charge < -0.3 is 9.47 Å². The van der Waals surface area contributed by atoms with E-state index in [0.717, 1.165) is 10.4 Å². The molecule has 0 amide bonds. The normalized spacial score (nSPS) is 10.3. The molecule has 0 radical (unpaired) electrons. The van der Waals surface area contributed by atoms with Crippen molar-refractivity contribution in [2.24, 2.45) is 0 Å². The summed E-state index contributed by atoms with van der Waals surface area (Å²) in [5.74, 6) is -0.698. The van der Waals surface area contributed by atoms with Gasteiger partial charge in [0.15, 0.2) is 0 Å². The van der Waals surface area contributed by atoms with E-state index in [9.17, 15) is 9.59 Å². The highest BCUT2D eigenvalue weighted by Crippen LogP contribution is 2.22. The number of methoxy groups -OCH3 is 1. The van der Waals surface area contributed by atoms with Gasteiger partial charge >= 0.3 is 11.9 Å². The molecule has 6 heteroatoms. The van der Waals surface area contributed by atoms with Crippen LogP contribution in [0.2, 0.25) is 4.34 Å². The Hall–Kier alpha value is -1.85. The van der Waals surface area contributed by atoms with Crippen LogP contribution >= 0.6 is 22.9 Å². The summed E-state index contributed by atoms with van der Waals surface area (Å²) in [6.07, 6.45) is 0.909. The Morgan fingerprint density at radius 3 is 2.73 bits per heavy atom. The molecular weight excluding hydrogens is 324 g/mol. The van der Waals surface area contributed by atoms with Gasteiger partial charge in [-0.25, -0.2) is 4.79 Å². The highest BCUT2D eigenvalue weighted by Gasteiger charge is 2.08. The Labute approximate surface area is 137 Å². The summed E-state index contributed by atoms with van der Waals surface area (Å²) in [5.41, 5.74) is 1.18. The van der Waals surface area contributed by atoms with Gasteiger partial charge in [-0.1, -0.05) is 23.7 Å². The molecule has 0 bridgehead atoms. The van der Waals surface area contributed by atoms with Crippen molar-refractivity contribution >= 4 is 34.9 Å². The van der Waals surface area contributed by atoms with Crippen LogP contribution in [0.15, 0.2) is 36.4 Å². The summed E-state index contributed by atoms with van der Waals surface area (Å²) in [6, 6.07) is 10.5. The van der Waals surface area contributed by atoms with Crippen molar-refractivity contribution in [3.05, 3.63) is 56.7 Å². The van der Waals surface area contributed by atoms with Crippen molar-refractivity contribution in [3.8, 4) is 0 Å². The molecule has 0 aliphatic carbocycles. The zero-order chi connectivity index (χ0) is 15.9. The van der Waals surface area contributed by atoms with Crippen molar-refractivity contribution in [2.45, 2.75) is 19.4 Å². The predicted octanol–water partition coefficient (Wildman–Crippen LogP) is 3.86. The highest BCUT2D eigenvalue weighted by atomic mass is 35.5. The van der Waals surface area contributed by atoms with E-state index in [2.05, 4.69) is 4.74 Å². The van der Waals surface area contributed by atoms with E-state index < -0.39 is 5.97 Å². The van der Waals surface area contributed by atoms with Crippen molar-refractivity contribution in [3.63, 3.8) is 0 Å². The number of rotatable bonds is 6. The molecule has 0 atom stereocenters. The average Bonchev–Trinajstić information content (AvgIpc) is 2.96. The molecule has 4 nitrogen and oxygen atoms in total. The van der Waals surface area contributed by atoms with Gasteiger partial charge in [-0.15, -0.1) is 11.3 Å². The minimum Gasteiger partial charge on any atom is -0.465 e. The quantitative estimate of drug-likeness (QED) is 0.750. The maximum Gasteiger partial charge on any atom is 0.337 e. The molecule has 0 fully saturated rings. The third-order valence-corrected chi connectivity index (χ3v) is 4.24. The van der Waals surface area contributed by atoms with E-state index in [1.165, 1.54) is 18.4 Å². The number of carbonyl (C=O) groups is 2. The van der Waals surface area contributed by atoms with Crippen LogP contribution in [0.4, 0.5) is 0 Å². The number of aryl methyl sites for hydroxylation is 1. The third-order valence-electron chi connectivity index (χ3n) is 2.95. The predicted molar refractivity (Wildman–Crippen MR) is 85.2 cm³/mol. The fourth-order valence-electron chi connectivity index (χ4n) is 1.85. The first-order chi connectivity index (χ1) is 10.6. The zero-order valence-electron chi connectivity index (χ0n) is 12.0. The van der Waals surface area contributed by atoms with E-state index in [-0.39, 0.29) is 12.6 Å². The summed E-state index contributed by atoms with van der Waals surface area (Å²) in [6.45, 7) is 0.134. The molecule has 0 spiro atoms. The first-order valence-corrected chi connectivity index (χ1v) is 7.85. The smallest absolute Gasteiger partial charge is 0.337 e. The topological polar surface area (TPSA) is 52.6 Å². The second-order valence-corrected chi connectivity index (χ2v) is 6.36. The summed E-state index contributed by atoms with van der Waals surface area (Å²) in [4.78, 5) is 24.2. The van der Waals surface area contributed by atoms with Crippen LogP contribution < -0.4 is 0 Å². The summed E-state index contributed by atoms with van der Waals surface area (Å²) in [5, 5.41) is 0. The number of hydrogen-bond donors (Lipinski definition) is 0. The number of hydrogen-bond acceptors (Lipinski definition) is 5. The number of thiophene rings is 1. The lowest BCUT2D eigenvalue weighted by molar-refractivity contribution is -0.144. The molecular formula is C16H15ClO4S. The van der Waals surface area contributed by atoms with Crippen molar-refractivity contribution in [1.29, 1.82) is 0 Å². The second-order valence-electron chi connectivity index (χ2n) is 4.56. The Kier molecular flexibility index (Phi) is 5.98. The van der Waals surface area contributed by atoms with E-state index in [4.69, 9.17) is 16.3 Å². The minimum absolute atomic E-state index is 0.134. The SMILES string of the molecule is COC(=O)c1cccc(COC(=O)CCc2ccc(Cl)s2)c1. The number of halogens is 1. The summed E-state index contributed by atoms with van der Waals surface area (Å²) in [7, 11) is 1.33. The number of ether oxygens (including phenoxy) is 2. The minimum atomic E-state index is -0.414. The first-order valence-electron chi connectivity index (χ1n) is 6.65. The lowest BCUT2D eigenvalue weighted by Gasteiger charge is -2.06. The van der Waals surface area contributed by atoms with Gasteiger partial charge in [-0.3, -0.25) is 4.79 Å². The maximum absolute atomic E-state index is 11.7. The monoisotopic (exact) mass is 338 g/mol. The molecule has 2 rings (SSSR count). The number of benzene rings is 1. The highest BCUT2D eigenvalue weighted by molar-refractivity contribution is 7.16. The van der Waals surface area contributed by atoms with E-state index in [1.807, 2.05) is 12.1 Å². The van der Waals surface area contributed by atoms with Crippen molar-refractivity contribution in [2.75, 3.05) is 7.11 Å². The Bertz CT molecular complexity index is 666. The van der Waals surface area contributed by atoms with E-state index >= 15 is 0 Å². The van der Waals surface area contributed by atoms with Gasteiger partial charge in [0, 0.05) is 4.88 Å². The van der Waals surface area contributed by atoms with E-state index in [1.54, 1.807) is 24.3 Å². The van der Waals surface area contributed by atoms with Gasteiger partial charge in [-0.2, -0.15) is 0 Å². The van der Waals surface area contributed by atoms with Crippen LogP contribution in [-0.4, -0.2) is 19.0 Å². The lowest BCUT2D eigenvalue weighted by atomic mass is 10.1. The van der Waals surface area contributed by atoms with Gasteiger partial charge in [0.1, 0.15) is 6.61 Å². The molecule has 116 valence electrons. The molecule has 0 unspecified atom stereocenters. The molecule has 0 saturated heterocycles. The Morgan fingerprint density at radius 2 is 2.05 bits per heavy atom. The molecule has 2 aromatic rings. The van der Waals surface area contributed by atoms with Crippen LogP contribution in [-0.2, 0) is 27.3 Å². The summed E-state index contributed by atoms with van der Waals surface area (Å²) < 4.78 is 10.6. The molecule has 1 heterocycles. The van der Waals surface area contributed by atoms with Gasteiger partial charge in [0.05, 0.1) is 23.4 Å². The Balaban J connectivity index is 1.82. The number of carbonyl (C=O) groups excluding carboxylic acids is 2. The third kappa shape index (κ3) is 4.86. The first kappa shape index (κ1) is 16.5. The average molecular weight is 339 g/mol. The van der Waals surface area contributed by atoms with Crippen molar-refractivity contribution < 1.29 is 19.1 Å². The maximum atomic E-state index is 11.7. The standard InChI is InChI=1S/C16H15ClO4S/c1-20-16(19)12-4-2-3-11(9-12)10-21-15(18)8-6-13-5-7-14(17)22-13/h2-5,7,9H,6,8,10H2,1H3. The number of esters is 2. The van der Waals surface area contributed by atoms with E-state index in [0.29, 0.717) is 22.7 Å². The fraction of sp³-hybridized carbons (Fsp3) is 0.250. The van der Waals surface area contributed by atoms with Crippen LogP contribution in [0.25, 0.3) is 0 Å². The zero-order valence-corrected chi connectivity index (χ0v) is 13.6. The molecule has 0 aliphatic rings. The summed E-state index contributed by atoms with van der Waals surface area (Å²) >= 11 is 7.29. The second kappa shape index (κ2) is 7.96. The molecule has 1 aromatic carbocycles. The van der Waals surface area contributed by atoms with Gasteiger partial charge in [0.2, 0.25) is 0 Å². The van der Waals surface area contributed by atoms with Gasteiger partial charge in [0.25, 0.3) is 0 Å².